The first-order valence-electron chi connectivity index (χ1n) is 7.28. The summed E-state index contributed by atoms with van der Waals surface area (Å²) in [6, 6.07) is 11.3. The first-order chi connectivity index (χ1) is 11.5. The summed E-state index contributed by atoms with van der Waals surface area (Å²) >= 11 is 25.2. The van der Waals surface area contributed by atoms with Gasteiger partial charge in [0, 0.05) is 38.8 Å². The Labute approximate surface area is 167 Å². The zero-order valence-electron chi connectivity index (χ0n) is 13.0. The lowest BCUT2D eigenvalue weighted by Crippen LogP contribution is -2.30. The van der Waals surface area contributed by atoms with Gasteiger partial charge in [0.15, 0.2) is 5.11 Å². The van der Waals surface area contributed by atoms with Gasteiger partial charge < -0.3 is 10.6 Å². The Morgan fingerprint density at radius 3 is 2.58 bits per heavy atom. The fraction of sp³-hybridized carbons (Fsp3) is 0.235. The van der Waals surface area contributed by atoms with Crippen LogP contribution in [-0.4, -0.2) is 17.4 Å². The average molecular weight is 420 g/mol. The fourth-order valence-electron chi connectivity index (χ4n) is 1.90. The standard InChI is InChI=1S/C17H17Cl3N2S2/c1-11-2-5-14(9-15(11)19)22-17(23)21-6-7-24-10-12-3-4-13(18)8-16(12)20/h2-5,8-9H,6-7,10H2,1H3,(H2,21,22,23). The number of thioether (sulfide) groups is 1. The molecule has 2 nitrogen and oxygen atoms in total. The van der Waals surface area contributed by atoms with Crippen molar-refractivity contribution >= 4 is 69.6 Å². The van der Waals surface area contributed by atoms with Gasteiger partial charge in [0.1, 0.15) is 0 Å². The van der Waals surface area contributed by atoms with Crippen LogP contribution in [0.2, 0.25) is 15.1 Å². The molecule has 0 aliphatic carbocycles. The summed E-state index contributed by atoms with van der Waals surface area (Å²) in [4.78, 5) is 0. The van der Waals surface area contributed by atoms with E-state index in [-0.39, 0.29) is 0 Å². The molecule has 128 valence electrons. The summed E-state index contributed by atoms with van der Waals surface area (Å²) < 4.78 is 0. The predicted molar refractivity (Wildman–Crippen MR) is 113 cm³/mol. The monoisotopic (exact) mass is 418 g/mol. The highest BCUT2D eigenvalue weighted by atomic mass is 35.5. The van der Waals surface area contributed by atoms with Gasteiger partial charge in [0.05, 0.1) is 0 Å². The van der Waals surface area contributed by atoms with E-state index in [0.29, 0.717) is 15.2 Å². The second-order valence-corrected chi connectivity index (χ2v) is 7.90. The van der Waals surface area contributed by atoms with Crippen LogP contribution in [0.3, 0.4) is 0 Å². The van der Waals surface area contributed by atoms with E-state index in [9.17, 15) is 0 Å². The van der Waals surface area contributed by atoms with Crippen molar-refractivity contribution in [3.63, 3.8) is 0 Å². The van der Waals surface area contributed by atoms with Gasteiger partial charge in [-0.1, -0.05) is 46.9 Å². The molecule has 2 aromatic rings. The number of nitrogens with one attached hydrogen (secondary N) is 2. The van der Waals surface area contributed by atoms with Crippen LogP contribution >= 0.6 is 58.8 Å². The molecule has 0 heterocycles. The van der Waals surface area contributed by atoms with Crippen LogP contribution in [0.5, 0.6) is 0 Å². The minimum Gasteiger partial charge on any atom is -0.362 e. The van der Waals surface area contributed by atoms with Crippen molar-refractivity contribution in [2.45, 2.75) is 12.7 Å². The predicted octanol–water partition coefficient (Wildman–Crippen LogP) is 6.18. The molecule has 0 radical (unpaired) electrons. The summed E-state index contributed by atoms with van der Waals surface area (Å²) in [5.41, 5.74) is 3.00. The van der Waals surface area contributed by atoms with Crippen LogP contribution in [-0.2, 0) is 5.75 Å². The van der Waals surface area contributed by atoms with E-state index in [1.165, 1.54) is 0 Å². The zero-order chi connectivity index (χ0) is 17.5. The zero-order valence-corrected chi connectivity index (χ0v) is 16.9. The van der Waals surface area contributed by atoms with Gasteiger partial charge in [-0.05, 0) is 54.5 Å². The number of anilines is 1. The second-order valence-electron chi connectivity index (χ2n) is 5.13. The Kier molecular flexibility index (Phi) is 7.98. The topological polar surface area (TPSA) is 24.1 Å². The van der Waals surface area contributed by atoms with Crippen molar-refractivity contribution in [3.8, 4) is 0 Å². The van der Waals surface area contributed by atoms with Crippen molar-refractivity contribution in [1.82, 2.24) is 5.32 Å². The Bertz CT molecular complexity index is 723. The third-order valence-corrected chi connectivity index (χ3v) is 5.48. The molecule has 0 bridgehead atoms. The molecule has 0 saturated heterocycles. The molecule has 0 saturated carbocycles. The van der Waals surface area contributed by atoms with E-state index in [2.05, 4.69) is 10.6 Å². The molecule has 2 N–H and O–H groups in total. The van der Waals surface area contributed by atoms with E-state index >= 15 is 0 Å². The fourth-order valence-corrected chi connectivity index (χ4v) is 3.72. The number of rotatable bonds is 6. The molecule has 0 spiro atoms. The summed E-state index contributed by atoms with van der Waals surface area (Å²) in [6.07, 6.45) is 0. The minimum absolute atomic E-state index is 0.583. The summed E-state index contributed by atoms with van der Waals surface area (Å²) in [6.45, 7) is 2.73. The minimum atomic E-state index is 0.583. The number of thiocarbonyl (C=S) groups is 1. The molecule has 0 aliphatic rings. The van der Waals surface area contributed by atoms with Crippen molar-refractivity contribution in [1.29, 1.82) is 0 Å². The Balaban J connectivity index is 1.68. The molecule has 0 aromatic heterocycles. The molecule has 2 aromatic carbocycles. The third kappa shape index (κ3) is 6.34. The number of halogens is 3. The van der Waals surface area contributed by atoms with E-state index < -0.39 is 0 Å². The SMILES string of the molecule is Cc1ccc(NC(=S)NCCSCc2ccc(Cl)cc2Cl)cc1Cl. The molecule has 0 fully saturated rings. The van der Waals surface area contributed by atoms with Crippen LogP contribution in [0.25, 0.3) is 0 Å². The van der Waals surface area contributed by atoms with Crippen molar-refractivity contribution < 1.29 is 0 Å². The smallest absolute Gasteiger partial charge is 0.170 e. The van der Waals surface area contributed by atoms with E-state index in [4.69, 9.17) is 47.0 Å². The van der Waals surface area contributed by atoms with Crippen LogP contribution in [0.4, 0.5) is 5.69 Å². The van der Waals surface area contributed by atoms with Gasteiger partial charge in [-0.3, -0.25) is 0 Å². The van der Waals surface area contributed by atoms with Gasteiger partial charge in [-0.2, -0.15) is 11.8 Å². The quantitative estimate of drug-likeness (QED) is 0.431. The number of benzene rings is 2. The first kappa shape index (κ1) is 19.7. The molecule has 7 heteroatoms. The molecule has 0 atom stereocenters. The molecular weight excluding hydrogens is 403 g/mol. The first-order valence-corrected chi connectivity index (χ1v) is 9.98. The molecule has 0 unspecified atom stereocenters. The lowest BCUT2D eigenvalue weighted by atomic mass is 10.2. The summed E-state index contributed by atoms with van der Waals surface area (Å²) in [5, 5.41) is 8.97. The van der Waals surface area contributed by atoms with E-state index in [1.54, 1.807) is 17.8 Å². The summed E-state index contributed by atoms with van der Waals surface area (Å²) in [5.74, 6) is 1.75. The van der Waals surface area contributed by atoms with Gasteiger partial charge in [-0.25, -0.2) is 0 Å². The maximum atomic E-state index is 6.15. The molecular formula is C17H17Cl3N2S2. The van der Waals surface area contributed by atoms with Crippen LogP contribution in [0.15, 0.2) is 36.4 Å². The molecule has 2 rings (SSSR count). The normalized spacial score (nSPS) is 10.5. The lowest BCUT2D eigenvalue weighted by Gasteiger charge is -2.11. The Morgan fingerprint density at radius 2 is 1.88 bits per heavy atom. The average Bonchev–Trinajstić information content (AvgIpc) is 2.52. The highest BCUT2D eigenvalue weighted by molar-refractivity contribution is 7.98. The van der Waals surface area contributed by atoms with Gasteiger partial charge in [-0.15, -0.1) is 0 Å². The number of hydrogen-bond acceptors (Lipinski definition) is 2. The van der Waals surface area contributed by atoms with Gasteiger partial charge in [0.25, 0.3) is 0 Å². The highest BCUT2D eigenvalue weighted by Crippen LogP contribution is 2.24. The highest BCUT2D eigenvalue weighted by Gasteiger charge is 2.03. The maximum Gasteiger partial charge on any atom is 0.170 e. The van der Waals surface area contributed by atoms with Crippen LogP contribution in [0.1, 0.15) is 11.1 Å². The number of aryl methyl sites for hydroxylation is 1. The number of hydrogen-bond donors (Lipinski definition) is 2. The Morgan fingerprint density at radius 1 is 1.08 bits per heavy atom. The van der Waals surface area contributed by atoms with E-state index in [1.807, 2.05) is 37.3 Å². The molecule has 0 aliphatic heterocycles. The van der Waals surface area contributed by atoms with Crippen molar-refractivity contribution in [2.75, 3.05) is 17.6 Å². The largest absolute Gasteiger partial charge is 0.362 e. The molecule has 0 amide bonds. The third-order valence-electron chi connectivity index (χ3n) is 3.23. The Hall–Kier alpha value is -0.650. The van der Waals surface area contributed by atoms with Crippen molar-refractivity contribution in [2.24, 2.45) is 0 Å². The maximum absolute atomic E-state index is 6.15. The van der Waals surface area contributed by atoms with Crippen LogP contribution < -0.4 is 10.6 Å². The molecule has 24 heavy (non-hydrogen) atoms. The van der Waals surface area contributed by atoms with Gasteiger partial charge in [0.2, 0.25) is 0 Å². The second kappa shape index (κ2) is 9.73. The van der Waals surface area contributed by atoms with E-state index in [0.717, 1.165) is 39.9 Å². The van der Waals surface area contributed by atoms with Crippen LogP contribution in [0, 0.1) is 6.92 Å². The lowest BCUT2D eigenvalue weighted by molar-refractivity contribution is 0.990. The van der Waals surface area contributed by atoms with Gasteiger partial charge >= 0.3 is 0 Å². The summed E-state index contributed by atoms with van der Waals surface area (Å²) in [7, 11) is 0. The van der Waals surface area contributed by atoms with Crippen molar-refractivity contribution in [3.05, 3.63) is 62.6 Å².